The first kappa shape index (κ1) is 15.1. The highest BCUT2D eigenvalue weighted by molar-refractivity contribution is 6.35. The zero-order chi connectivity index (χ0) is 14.5. The van der Waals surface area contributed by atoms with Crippen LogP contribution in [0.15, 0.2) is 16.7 Å². The smallest absolute Gasteiger partial charge is 0.264 e. The number of hydrogen-bond acceptors (Lipinski definition) is 5. The van der Waals surface area contributed by atoms with Gasteiger partial charge in [0.2, 0.25) is 0 Å². The summed E-state index contributed by atoms with van der Waals surface area (Å²) in [6, 6.07) is 3.33. The number of benzene rings is 1. The fraction of sp³-hybridized carbons (Fsp3) is 0.385. The first-order valence-electron chi connectivity index (χ1n) is 6.26. The van der Waals surface area contributed by atoms with Gasteiger partial charge in [0.15, 0.2) is 12.4 Å². The highest BCUT2D eigenvalue weighted by Gasteiger charge is 2.12. The molecule has 5 nitrogen and oxygen atoms in total. The molecule has 108 valence electrons. The lowest BCUT2D eigenvalue weighted by atomic mass is 10.2. The molecule has 0 aliphatic heterocycles. The predicted octanol–water partition coefficient (Wildman–Crippen LogP) is 3.37. The molecule has 0 saturated heterocycles. The Bertz CT molecular complexity index is 587. The SMILES string of the molecule is CCCc1noc(COc2c(Cl)cc(Cl)cc2CN)n1. The normalized spacial score (nSPS) is 10.8. The van der Waals surface area contributed by atoms with Crippen LogP contribution in [0.2, 0.25) is 10.0 Å². The molecule has 1 heterocycles. The van der Waals surface area contributed by atoms with Gasteiger partial charge >= 0.3 is 0 Å². The highest BCUT2D eigenvalue weighted by Crippen LogP contribution is 2.32. The zero-order valence-electron chi connectivity index (χ0n) is 11.0. The van der Waals surface area contributed by atoms with Crippen LogP contribution in [0.25, 0.3) is 0 Å². The van der Waals surface area contributed by atoms with E-state index in [4.69, 9.17) is 38.2 Å². The quantitative estimate of drug-likeness (QED) is 0.884. The van der Waals surface area contributed by atoms with Crippen molar-refractivity contribution < 1.29 is 9.26 Å². The van der Waals surface area contributed by atoms with Crippen molar-refractivity contribution in [3.8, 4) is 5.75 Å². The molecule has 20 heavy (non-hydrogen) atoms. The number of ether oxygens (including phenoxy) is 1. The fourth-order valence-electron chi connectivity index (χ4n) is 1.73. The molecule has 2 N–H and O–H groups in total. The summed E-state index contributed by atoms with van der Waals surface area (Å²) in [7, 11) is 0. The van der Waals surface area contributed by atoms with Crippen LogP contribution in [0.5, 0.6) is 5.75 Å². The lowest BCUT2D eigenvalue weighted by Gasteiger charge is -2.11. The molecule has 7 heteroatoms. The number of halogens is 2. The summed E-state index contributed by atoms with van der Waals surface area (Å²) in [4.78, 5) is 4.21. The summed E-state index contributed by atoms with van der Waals surface area (Å²) in [5.41, 5.74) is 6.38. The Labute approximate surface area is 127 Å². The third-order valence-corrected chi connectivity index (χ3v) is 3.13. The van der Waals surface area contributed by atoms with Crippen LogP contribution < -0.4 is 10.5 Å². The molecule has 0 atom stereocenters. The van der Waals surface area contributed by atoms with Crippen LogP contribution >= 0.6 is 23.2 Å². The van der Waals surface area contributed by atoms with Gasteiger partial charge in [-0.1, -0.05) is 35.3 Å². The van der Waals surface area contributed by atoms with Gasteiger partial charge in [0, 0.05) is 23.6 Å². The lowest BCUT2D eigenvalue weighted by Crippen LogP contribution is -2.04. The van der Waals surface area contributed by atoms with Crippen molar-refractivity contribution in [3.63, 3.8) is 0 Å². The molecule has 2 aromatic rings. The summed E-state index contributed by atoms with van der Waals surface area (Å²) in [6.07, 6.45) is 1.74. The highest BCUT2D eigenvalue weighted by atomic mass is 35.5. The maximum absolute atomic E-state index is 6.10. The van der Waals surface area contributed by atoms with Crippen LogP contribution in [-0.4, -0.2) is 10.1 Å². The van der Waals surface area contributed by atoms with Gasteiger partial charge in [0.05, 0.1) is 5.02 Å². The summed E-state index contributed by atoms with van der Waals surface area (Å²) >= 11 is 12.0. The maximum atomic E-state index is 6.10. The monoisotopic (exact) mass is 315 g/mol. The average Bonchev–Trinajstić information content (AvgIpc) is 2.85. The van der Waals surface area contributed by atoms with E-state index in [1.165, 1.54) is 0 Å². The second kappa shape index (κ2) is 6.92. The van der Waals surface area contributed by atoms with Crippen LogP contribution in [-0.2, 0) is 19.6 Å². The number of nitrogens with two attached hydrogens (primary N) is 1. The number of rotatable bonds is 6. The minimum atomic E-state index is 0.144. The second-order valence-corrected chi connectivity index (χ2v) is 5.07. The van der Waals surface area contributed by atoms with E-state index in [9.17, 15) is 0 Å². The van der Waals surface area contributed by atoms with Crippen molar-refractivity contribution in [2.24, 2.45) is 5.73 Å². The van der Waals surface area contributed by atoms with Gasteiger partial charge in [-0.25, -0.2) is 0 Å². The molecule has 0 aliphatic rings. The minimum Gasteiger partial charge on any atom is -0.482 e. The molecule has 0 unspecified atom stereocenters. The van der Waals surface area contributed by atoms with E-state index in [0.717, 1.165) is 18.4 Å². The molecule has 1 aromatic carbocycles. The van der Waals surface area contributed by atoms with Crippen molar-refractivity contribution in [1.82, 2.24) is 10.1 Å². The third-order valence-electron chi connectivity index (χ3n) is 2.63. The Morgan fingerprint density at radius 2 is 2.15 bits per heavy atom. The van der Waals surface area contributed by atoms with E-state index in [0.29, 0.717) is 27.5 Å². The Morgan fingerprint density at radius 1 is 1.35 bits per heavy atom. The van der Waals surface area contributed by atoms with E-state index >= 15 is 0 Å². The first-order chi connectivity index (χ1) is 9.63. The Kier molecular flexibility index (Phi) is 5.23. The summed E-state index contributed by atoms with van der Waals surface area (Å²) in [5, 5.41) is 4.78. The Morgan fingerprint density at radius 3 is 2.85 bits per heavy atom. The van der Waals surface area contributed by atoms with Gasteiger partial charge in [-0.2, -0.15) is 4.98 Å². The average molecular weight is 316 g/mol. The van der Waals surface area contributed by atoms with Crippen molar-refractivity contribution in [1.29, 1.82) is 0 Å². The van der Waals surface area contributed by atoms with Crippen LogP contribution in [0.1, 0.15) is 30.6 Å². The van der Waals surface area contributed by atoms with E-state index in [1.807, 2.05) is 6.92 Å². The number of aryl methyl sites for hydroxylation is 1. The molecule has 0 spiro atoms. The van der Waals surface area contributed by atoms with Crippen LogP contribution in [0, 0.1) is 0 Å². The molecule has 0 bridgehead atoms. The summed E-state index contributed by atoms with van der Waals surface area (Å²) < 4.78 is 10.7. The second-order valence-electron chi connectivity index (χ2n) is 4.22. The molecule has 0 aliphatic carbocycles. The van der Waals surface area contributed by atoms with Gasteiger partial charge in [-0.3, -0.25) is 0 Å². The van der Waals surface area contributed by atoms with E-state index in [-0.39, 0.29) is 13.2 Å². The van der Waals surface area contributed by atoms with E-state index < -0.39 is 0 Å². The van der Waals surface area contributed by atoms with Gasteiger partial charge in [0.25, 0.3) is 5.89 Å². The predicted molar refractivity (Wildman–Crippen MR) is 77.0 cm³/mol. The van der Waals surface area contributed by atoms with Gasteiger partial charge in [-0.05, 0) is 18.6 Å². The number of hydrogen-bond donors (Lipinski definition) is 1. The van der Waals surface area contributed by atoms with Gasteiger partial charge in [0.1, 0.15) is 5.75 Å². The van der Waals surface area contributed by atoms with Crippen molar-refractivity contribution in [2.45, 2.75) is 32.9 Å². The van der Waals surface area contributed by atoms with Crippen molar-refractivity contribution in [3.05, 3.63) is 39.5 Å². The largest absolute Gasteiger partial charge is 0.482 e. The van der Waals surface area contributed by atoms with Crippen molar-refractivity contribution in [2.75, 3.05) is 0 Å². The molecule has 2 rings (SSSR count). The van der Waals surface area contributed by atoms with Gasteiger partial charge in [-0.15, -0.1) is 0 Å². The Balaban J connectivity index is 2.10. The van der Waals surface area contributed by atoms with E-state index in [1.54, 1.807) is 12.1 Å². The number of nitrogens with zero attached hydrogens (tertiary/aromatic N) is 2. The minimum absolute atomic E-state index is 0.144. The zero-order valence-corrected chi connectivity index (χ0v) is 12.5. The van der Waals surface area contributed by atoms with Crippen molar-refractivity contribution >= 4 is 23.2 Å². The first-order valence-corrected chi connectivity index (χ1v) is 7.01. The molecular formula is C13H15Cl2N3O2. The lowest BCUT2D eigenvalue weighted by molar-refractivity contribution is 0.241. The standard InChI is InChI=1S/C13H15Cl2N3O2/c1-2-3-11-17-12(20-18-11)7-19-13-8(6-16)4-9(14)5-10(13)15/h4-5H,2-3,6-7,16H2,1H3. The maximum Gasteiger partial charge on any atom is 0.264 e. The molecule has 1 aromatic heterocycles. The van der Waals surface area contributed by atoms with Gasteiger partial charge < -0.3 is 15.0 Å². The van der Waals surface area contributed by atoms with E-state index in [2.05, 4.69) is 10.1 Å². The molecule has 0 fully saturated rings. The summed E-state index contributed by atoms with van der Waals surface area (Å²) in [5.74, 6) is 1.57. The molecule has 0 saturated carbocycles. The Hall–Kier alpha value is -1.30. The third kappa shape index (κ3) is 3.62. The van der Waals surface area contributed by atoms with Crippen LogP contribution in [0.3, 0.4) is 0 Å². The molecule has 0 radical (unpaired) electrons. The number of aromatic nitrogens is 2. The molecular weight excluding hydrogens is 301 g/mol. The molecule has 0 amide bonds. The fourth-order valence-corrected chi connectivity index (χ4v) is 2.32. The van der Waals surface area contributed by atoms with Crippen LogP contribution in [0.4, 0.5) is 0 Å². The topological polar surface area (TPSA) is 74.2 Å². The summed E-state index contributed by atoms with van der Waals surface area (Å²) in [6.45, 7) is 2.47.